The molecule has 0 saturated carbocycles. The van der Waals surface area contributed by atoms with Gasteiger partial charge in [0.2, 0.25) is 0 Å². The molecule has 3 rings (SSSR count). The molecule has 0 spiro atoms. The van der Waals surface area contributed by atoms with E-state index < -0.39 is 0 Å². The molecule has 0 unspecified atom stereocenters. The molecule has 2 heterocycles. The molecule has 0 radical (unpaired) electrons. The minimum absolute atomic E-state index is 1.04. The van der Waals surface area contributed by atoms with E-state index in [-0.39, 0.29) is 0 Å². The van der Waals surface area contributed by atoms with Gasteiger partial charge in [-0.25, -0.2) is 4.98 Å². The van der Waals surface area contributed by atoms with Crippen molar-refractivity contribution in [1.82, 2.24) is 9.55 Å². The Hall–Kier alpha value is -2.09. The summed E-state index contributed by atoms with van der Waals surface area (Å²) in [6.07, 6.45) is 7.62. The van der Waals surface area contributed by atoms with E-state index in [0.29, 0.717) is 0 Å². The first-order valence-corrected chi connectivity index (χ1v) is 7.86. The fraction of sp³-hybridized carbons (Fsp3) is 0.316. The first kappa shape index (κ1) is 13.9. The Morgan fingerprint density at radius 2 is 1.86 bits per heavy atom. The Morgan fingerprint density at radius 1 is 1.05 bits per heavy atom. The quantitative estimate of drug-likeness (QED) is 0.637. The molecular formula is C19H22N2. The highest BCUT2D eigenvalue weighted by Crippen LogP contribution is 2.30. The number of nitrogens with zero attached hydrogens (tertiary/aromatic N) is 2. The van der Waals surface area contributed by atoms with Gasteiger partial charge in [0, 0.05) is 29.9 Å². The number of pyridine rings is 1. The summed E-state index contributed by atoms with van der Waals surface area (Å²) in [6.45, 7) is 5.45. The lowest BCUT2D eigenvalue weighted by molar-refractivity contribution is 0.646. The summed E-state index contributed by atoms with van der Waals surface area (Å²) in [6, 6.07) is 13.1. The van der Waals surface area contributed by atoms with Crippen molar-refractivity contribution in [3.8, 4) is 11.1 Å². The van der Waals surface area contributed by atoms with E-state index in [1.807, 2.05) is 12.3 Å². The van der Waals surface area contributed by atoms with Gasteiger partial charge in [0.1, 0.15) is 5.65 Å². The van der Waals surface area contributed by atoms with Crippen molar-refractivity contribution in [2.45, 2.75) is 39.7 Å². The summed E-state index contributed by atoms with van der Waals surface area (Å²) in [4.78, 5) is 4.58. The number of hydrogen-bond acceptors (Lipinski definition) is 1. The van der Waals surface area contributed by atoms with Crippen LogP contribution in [0.15, 0.2) is 48.8 Å². The minimum Gasteiger partial charge on any atom is -0.332 e. The van der Waals surface area contributed by atoms with Crippen molar-refractivity contribution in [2.75, 3.05) is 0 Å². The smallest absolute Gasteiger partial charge is 0.140 e. The fourth-order valence-electron chi connectivity index (χ4n) is 2.77. The Balaban J connectivity index is 2.08. The summed E-state index contributed by atoms with van der Waals surface area (Å²) in [7, 11) is 0. The highest BCUT2D eigenvalue weighted by atomic mass is 15.0. The Kier molecular flexibility index (Phi) is 4.05. The van der Waals surface area contributed by atoms with Gasteiger partial charge in [-0.05, 0) is 36.1 Å². The van der Waals surface area contributed by atoms with Crippen LogP contribution < -0.4 is 0 Å². The molecule has 0 N–H and O–H groups in total. The van der Waals surface area contributed by atoms with Gasteiger partial charge in [0.15, 0.2) is 0 Å². The van der Waals surface area contributed by atoms with Crippen LogP contribution >= 0.6 is 0 Å². The zero-order valence-electron chi connectivity index (χ0n) is 12.8. The van der Waals surface area contributed by atoms with Gasteiger partial charge in [0.25, 0.3) is 0 Å². The molecule has 1 aromatic carbocycles. The van der Waals surface area contributed by atoms with E-state index >= 15 is 0 Å². The second-order valence-corrected chi connectivity index (χ2v) is 5.51. The van der Waals surface area contributed by atoms with E-state index in [4.69, 9.17) is 0 Å². The van der Waals surface area contributed by atoms with Crippen molar-refractivity contribution in [2.24, 2.45) is 0 Å². The molecule has 0 atom stereocenters. The average molecular weight is 278 g/mol. The third-order valence-electron chi connectivity index (χ3n) is 4.06. The highest BCUT2D eigenvalue weighted by Gasteiger charge is 2.10. The lowest BCUT2D eigenvalue weighted by Crippen LogP contribution is -1.96. The van der Waals surface area contributed by atoms with Crippen LogP contribution in [0.3, 0.4) is 0 Å². The zero-order chi connectivity index (χ0) is 14.7. The molecule has 0 bridgehead atoms. The minimum atomic E-state index is 1.04. The Labute approximate surface area is 126 Å². The fourth-order valence-corrected chi connectivity index (χ4v) is 2.77. The summed E-state index contributed by atoms with van der Waals surface area (Å²) >= 11 is 0. The van der Waals surface area contributed by atoms with Crippen LogP contribution in [0.1, 0.15) is 32.3 Å². The molecule has 108 valence electrons. The predicted molar refractivity (Wildman–Crippen MR) is 89.5 cm³/mol. The Morgan fingerprint density at radius 3 is 2.57 bits per heavy atom. The zero-order valence-corrected chi connectivity index (χ0v) is 12.8. The first-order chi connectivity index (χ1) is 10.3. The number of hydrogen-bond donors (Lipinski definition) is 0. The number of aryl methyl sites for hydroxylation is 2. The first-order valence-electron chi connectivity index (χ1n) is 7.86. The van der Waals surface area contributed by atoms with Gasteiger partial charge in [-0.1, -0.05) is 44.5 Å². The maximum Gasteiger partial charge on any atom is 0.140 e. The van der Waals surface area contributed by atoms with E-state index in [1.165, 1.54) is 34.9 Å². The average Bonchev–Trinajstić information content (AvgIpc) is 2.92. The van der Waals surface area contributed by atoms with E-state index in [9.17, 15) is 0 Å². The van der Waals surface area contributed by atoms with E-state index in [0.717, 1.165) is 18.6 Å². The Bertz CT molecular complexity index is 723. The molecule has 2 heteroatoms. The second kappa shape index (κ2) is 6.13. The maximum atomic E-state index is 4.58. The number of aromatic nitrogens is 2. The molecule has 0 saturated heterocycles. The second-order valence-electron chi connectivity index (χ2n) is 5.51. The number of unbranched alkanes of at least 4 members (excludes halogenated alkanes) is 1. The van der Waals surface area contributed by atoms with Gasteiger partial charge in [-0.2, -0.15) is 0 Å². The summed E-state index contributed by atoms with van der Waals surface area (Å²) < 4.78 is 2.29. The number of rotatable bonds is 5. The standard InChI is InChI=1S/C19H22N2/c1-3-5-13-21-14-18(17-7-6-12-20-19(17)21)16-10-8-15(4-2)9-11-16/h6-12,14H,3-5,13H2,1-2H3. The molecular weight excluding hydrogens is 256 g/mol. The lowest BCUT2D eigenvalue weighted by Gasteiger charge is -2.02. The van der Waals surface area contributed by atoms with Crippen molar-refractivity contribution in [3.05, 3.63) is 54.4 Å². The van der Waals surface area contributed by atoms with E-state index in [1.54, 1.807) is 0 Å². The van der Waals surface area contributed by atoms with Crippen molar-refractivity contribution in [3.63, 3.8) is 0 Å². The van der Waals surface area contributed by atoms with Crippen LogP contribution in [0.25, 0.3) is 22.2 Å². The molecule has 21 heavy (non-hydrogen) atoms. The molecule has 0 aliphatic heterocycles. The van der Waals surface area contributed by atoms with Crippen LogP contribution in [0, 0.1) is 0 Å². The van der Waals surface area contributed by atoms with Gasteiger partial charge < -0.3 is 4.57 Å². The van der Waals surface area contributed by atoms with Gasteiger partial charge in [-0.3, -0.25) is 0 Å². The monoisotopic (exact) mass is 278 g/mol. The lowest BCUT2D eigenvalue weighted by atomic mass is 10.0. The molecule has 0 aliphatic carbocycles. The van der Waals surface area contributed by atoms with Crippen molar-refractivity contribution >= 4 is 11.0 Å². The SMILES string of the molecule is CCCCn1cc(-c2ccc(CC)cc2)c2cccnc21. The third-order valence-corrected chi connectivity index (χ3v) is 4.06. The van der Waals surface area contributed by atoms with Crippen molar-refractivity contribution < 1.29 is 0 Å². The number of benzene rings is 1. The molecule has 0 amide bonds. The molecule has 0 fully saturated rings. The topological polar surface area (TPSA) is 17.8 Å². The van der Waals surface area contributed by atoms with Gasteiger partial charge in [0.05, 0.1) is 0 Å². The largest absolute Gasteiger partial charge is 0.332 e. The number of fused-ring (bicyclic) bond motifs is 1. The summed E-state index contributed by atoms with van der Waals surface area (Å²) in [5.41, 5.74) is 5.05. The van der Waals surface area contributed by atoms with Crippen LogP contribution in [0.2, 0.25) is 0 Å². The highest BCUT2D eigenvalue weighted by molar-refractivity contribution is 5.94. The van der Waals surface area contributed by atoms with Crippen LogP contribution in [-0.2, 0) is 13.0 Å². The molecule has 2 nitrogen and oxygen atoms in total. The van der Waals surface area contributed by atoms with Gasteiger partial charge >= 0.3 is 0 Å². The molecule has 3 aromatic rings. The van der Waals surface area contributed by atoms with Crippen LogP contribution in [-0.4, -0.2) is 9.55 Å². The van der Waals surface area contributed by atoms with E-state index in [2.05, 4.69) is 59.9 Å². The normalized spacial score (nSPS) is 11.1. The molecule has 0 aliphatic rings. The summed E-state index contributed by atoms with van der Waals surface area (Å²) in [5.74, 6) is 0. The molecule has 2 aromatic heterocycles. The van der Waals surface area contributed by atoms with Crippen LogP contribution in [0.5, 0.6) is 0 Å². The maximum absolute atomic E-state index is 4.58. The van der Waals surface area contributed by atoms with Crippen molar-refractivity contribution in [1.29, 1.82) is 0 Å². The third kappa shape index (κ3) is 2.71. The van der Waals surface area contributed by atoms with Crippen LogP contribution in [0.4, 0.5) is 0 Å². The summed E-state index contributed by atoms with van der Waals surface area (Å²) in [5, 5.41) is 1.25. The van der Waals surface area contributed by atoms with Gasteiger partial charge in [-0.15, -0.1) is 0 Å². The predicted octanol–water partition coefficient (Wildman–Crippen LogP) is 5.07.